The highest BCUT2D eigenvalue weighted by molar-refractivity contribution is 7.09. The fourth-order valence-electron chi connectivity index (χ4n) is 3.53. The predicted octanol–water partition coefficient (Wildman–Crippen LogP) is 3.98. The average molecular weight is 419 g/mol. The SMILES string of the molecule is CCc1c(-c2csc(CN3CCC(N)CC3)n2)[nH]c(C)c1C(C)=O.Cl.Cl. The van der Waals surface area contributed by atoms with E-state index in [-0.39, 0.29) is 30.6 Å². The Hall–Kier alpha value is -0.920. The van der Waals surface area contributed by atoms with E-state index in [0.717, 1.165) is 72.1 Å². The molecule has 0 radical (unpaired) electrons. The van der Waals surface area contributed by atoms with Gasteiger partial charge in [0, 0.05) is 35.8 Å². The first kappa shape index (κ1) is 23.1. The van der Waals surface area contributed by atoms with Gasteiger partial charge in [-0.3, -0.25) is 9.69 Å². The zero-order chi connectivity index (χ0) is 17.3. The molecule has 5 nitrogen and oxygen atoms in total. The van der Waals surface area contributed by atoms with E-state index in [4.69, 9.17) is 10.7 Å². The second-order valence-electron chi connectivity index (χ2n) is 6.63. The van der Waals surface area contributed by atoms with Crippen molar-refractivity contribution in [2.24, 2.45) is 5.73 Å². The van der Waals surface area contributed by atoms with E-state index in [1.54, 1.807) is 18.3 Å². The number of piperidine rings is 1. The molecule has 0 aliphatic carbocycles. The van der Waals surface area contributed by atoms with Gasteiger partial charge in [-0.1, -0.05) is 6.92 Å². The van der Waals surface area contributed by atoms with Crippen LogP contribution in [0.3, 0.4) is 0 Å². The standard InChI is InChI=1S/C18H26N4OS.2ClH/c1-4-14-17(12(3)23)11(2)20-18(14)15-10-24-16(21-15)9-22-7-5-13(19)6-8-22;;/h10,13,20H,4-9,19H2,1-3H3;2*1H. The number of aromatic amines is 1. The van der Waals surface area contributed by atoms with Gasteiger partial charge in [0.05, 0.1) is 17.9 Å². The molecule has 2 aromatic heterocycles. The molecular formula is C18H28Cl2N4OS. The molecule has 146 valence electrons. The van der Waals surface area contributed by atoms with E-state index in [9.17, 15) is 4.79 Å². The molecule has 1 saturated heterocycles. The summed E-state index contributed by atoms with van der Waals surface area (Å²) in [7, 11) is 0. The molecule has 0 aromatic carbocycles. The molecule has 3 N–H and O–H groups in total. The van der Waals surface area contributed by atoms with Gasteiger partial charge in [0.25, 0.3) is 0 Å². The van der Waals surface area contributed by atoms with Gasteiger partial charge in [-0.2, -0.15) is 0 Å². The molecular weight excluding hydrogens is 391 g/mol. The summed E-state index contributed by atoms with van der Waals surface area (Å²) in [6, 6.07) is 0.354. The Balaban J connectivity index is 0.00000169. The lowest BCUT2D eigenvalue weighted by atomic mass is 10.0. The highest BCUT2D eigenvalue weighted by Crippen LogP contribution is 2.30. The van der Waals surface area contributed by atoms with Crippen LogP contribution in [0.2, 0.25) is 0 Å². The van der Waals surface area contributed by atoms with Gasteiger partial charge in [0.15, 0.2) is 5.78 Å². The minimum absolute atomic E-state index is 0. The van der Waals surface area contributed by atoms with Crippen molar-refractivity contribution in [2.75, 3.05) is 13.1 Å². The summed E-state index contributed by atoms with van der Waals surface area (Å²) < 4.78 is 0. The summed E-state index contributed by atoms with van der Waals surface area (Å²) in [5.74, 6) is 0.118. The van der Waals surface area contributed by atoms with Crippen LogP contribution in [0.4, 0.5) is 0 Å². The van der Waals surface area contributed by atoms with Crippen molar-refractivity contribution in [1.82, 2.24) is 14.9 Å². The van der Waals surface area contributed by atoms with Crippen molar-refractivity contribution in [3.8, 4) is 11.4 Å². The number of nitrogens with two attached hydrogens (primary N) is 1. The lowest BCUT2D eigenvalue weighted by Crippen LogP contribution is -2.39. The molecule has 3 rings (SSSR count). The van der Waals surface area contributed by atoms with E-state index in [1.165, 1.54) is 0 Å². The van der Waals surface area contributed by atoms with Gasteiger partial charge in [-0.25, -0.2) is 4.98 Å². The Bertz CT molecular complexity index is 736. The summed E-state index contributed by atoms with van der Waals surface area (Å²) in [5, 5.41) is 3.22. The summed E-state index contributed by atoms with van der Waals surface area (Å²) in [5.41, 5.74) is 10.8. The van der Waals surface area contributed by atoms with Crippen LogP contribution in [0.15, 0.2) is 5.38 Å². The number of likely N-dealkylation sites (tertiary alicyclic amines) is 1. The molecule has 2 aromatic rings. The molecule has 0 amide bonds. The lowest BCUT2D eigenvalue weighted by molar-refractivity contribution is 0.101. The number of rotatable bonds is 5. The van der Waals surface area contributed by atoms with Crippen molar-refractivity contribution >= 4 is 41.9 Å². The van der Waals surface area contributed by atoms with Crippen molar-refractivity contribution < 1.29 is 4.79 Å². The number of thiazole rings is 1. The highest BCUT2D eigenvalue weighted by atomic mass is 35.5. The molecule has 0 unspecified atom stereocenters. The Kier molecular flexibility index (Phi) is 8.76. The number of aryl methyl sites for hydroxylation is 1. The molecule has 0 bridgehead atoms. The summed E-state index contributed by atoms with van der Waals surface area (Å²) in [6.45, 7) is 8.66. The Labute approximate surface area is 171 Å². The number of carbonyl (C=O) groups excluding carboxylic acids is 1. The van der Waals surface area contributed by atoms with Crippen molar-refractivity contribution in [3.63, 3.8) is 0 Å². The Morgan fingerprint density at radius 3 is 2.62 bits per heavy atom. The summed E-state index contributed by atoms with van der Waals surface area (Å²) >= 11 is 1.69. The van der Waals surface area contributed by atoms with E-state index in [0.29, 0.717) is 6.04 Å². The first-order valence-corrected chi connectivity index (χ1v) is 9.52. The van der Waals surface area contributed by atoms with Crippen LogP contribution in [-0.2, 0) is 13.0 Å². The van der Waals surface area contributed by atoms with Crippen LogP contribution in [0.25, 0.3) is 11.4 Å². The number of halogens is 2. The van der Waals surface area contributed by atoms with E-state index >= 15 is 0 Å². The number of hydrogen-bond donors (Lipinski definition) is 2. The number of Topliss-reactive ketones (excluding diaryl/α,β-unsaturated/α-hetero) is 1. The fourth-order valence-corrected chi connectivity index (χ4v) is 4.35. The first-order valence-electron chi connectivity index (χ1n) is 8.64. The average Bonchev–Trinajstić information content (AvgIpc) is 3.13. The number of nitrogens with zero attached hydrogens (tertiary/aromatic N) is 2. The first-order chi connectivity index (χ1) is 11.5. The zero-order valence-corrected chi connectivity index (χ0v) is 18.0. The van der Waals surface area contributed by atoms with Crippen molar-refractivity contribution in [1.29, 1.82) is 0 Å². The summed E-state index contributed by atoms with van der Waals surface area (Å²) in [6.07, 6.45) is 2.96. The second-order valence-corrected chi connectivity index (χ2v) is 7.57. The van der Waals surface area contributed by atoms with Gasteiger partial charge in [0.1, 0.15) is 5.01 Å². The number of ketones is 1. The van der Waals surface area contributed by atoms with Gasteiger partial charge in [-0.05, 0) is 38.7 Å². The number of aromatic nitrogens is 2. The molecule has 0 atom stereocenters. The maximum absolute atomic E-state index is 11.9. The molecule has 1 fully saturated rings. The molecule has 0 saturated carbocycles. The third kappa shape index (κ3) is 4.87. The predicted molar refractivity (Wildman–Crippen MR) is 113 cm³/mol. The van der Waals surface area contributed by atoms with Crippen LogP contribution in [0, 0.1) is 6.92 Å². The van der Waals surface area contributed by atoms with Gasteiger partial charge in [-0.15, -0.1) is 36.2 Å². The summed E-state index contributed by atoms with van der Waals surface area (Å²) in [4.78, 5) is 22.6. The maximum atomic E-state index is 11.9. The molecule has 1 aliphatic rings. The quantitative estimate of drug-likeness (QED) is 0.719. The van der Waals surface area contributed by atoms with Crippen LogP contribution >= 0.6 is 36.2 Å². The van der Waals surface area contributed by atoms with Gasteiger partial charge < -0.3 is 10.7 Å². The number of H-pyrrole nitrogens is 1. The Morgan fingerprint density at radius 2 is 2.04 bits per heavy atom. The monoisotopic (exact) mass is 418 g/mol. The minimum Gasteiger partial charge on any atom is -0.356 e. The lowest BCUT2D eigenvalue weighted by Gasteiger charge is -2.29. The van der Waals surface area contributed by atoms with Gasteiger partial charge in [0.2, 0.25) is 0 Å². The van der Waals surface area contributed by atoms with Gasteiger partial charge >= 0.3 is 0 Å². The van der Waals surface area contributed by atoms with E-state index in [1.807, 2.05) is 6.92 Å². The van der Waals surface area contributed by atoms with Crippen molar-refractivity contribution in [3.05, 3.63) is 27.2 Å². The minimum atomic E-state index is 0. The number of nitrogens with one attached hydrogen (secondary N) is 1. The molecule has 1 aliphatic heterocycles. The third-order valence-electron chi connectivity index (χ3n) is 4.80. The smallest absolute Gasteiger partial charge is 0.161 e. The largest absolute Gasteiger partial charge is 0.356 e. The topological polar surface area (TPSA) is 75.0 Å². The molecule has 0 spiro atoms. The van der Waals surface area contributed by atoms with Crippen LogP contribution in [-0.4, -0.2) is 39.8 Å². The number of carbonyl (C=O) groups is 1. The maximum Gasteiger partial charge on any atom is 0.161 e. The van der Waals surface area contributed by atoms with Crippen molar-refractivity contribution in [2.45, 2.75) is 52.6 Å². The molecule has 8 heteroatoms. The van der Waals surface area contributed by atoms with E-state index < -0.39 is 0 Å². The number of hydrogen-bond acceptors (Lipinski definition) is 5. The van der Waals surface area contributed by atoms with Crippen LogP contribution in [0.5, 0.6) is 0 Å². The molecule has 26 heavy (non-hydrogen) atoms. The van der Waals surface area contributed by atoms with E-state index in [2.05, 4.69) is 22.2 Å². The van der Waals surface area contributed by atoms with Crippen LogP contribution < -0.4 is 5.73 Å². The third-order valence-corrected chi connectivity index (χ3v) is 5.63. The normalized spacial score (nSPS) is 15.4. The fraction of sp³-hybridized carbons (Fsp3) is 0.556. The van der Waals surface area contributed by atoms with Crippen LogP contribution in [0.1, 0.15) is 53.3 Å². The highest BCUT2D eigenvalue weighted by Gasteiger charge is 2.21. The Morgan fingerprint density at radius 1 is 1.38 bits per heavy atom. The second kappa shape index (κ2) is 9.85. The molecule has 3 heterocycles. The zero-order valence-electron chi connectivity index (χ0n) is 15.5.